The molecule has 4 nitrogen and oxygen atoms in total. The Morgan fingerprint density at radius 2 is 2.18 bits per heavy atom. The van der Waals surface area contributed by atoms with Crippen molar-refractivity contribution in [1.29, 1.82) is 0 Å². The minimum atomic E-state index is 1.03. The first-order valence-electron chi connectivity index (χ1n) is 6.58. The molecule has 1 N–H and O–H groups in total. The van der Waals surface area contributed by atoms with E-state index in [0.717, 1.165) is 32.6 Å². The molecular weight excluding hydrogens is 212 g/mol. The number of hydrogen-bond donors (Lipinski definition) is 1. The summed E-state index contributed by atoms with van der Waals surface area (Å²) in [6.45, 7) is 6.51. The summed E-state index contributed by atoms with van der Waals surface area (Å²) in [5.41, 5.74) is 1.19. The first-order valence-corrected chi connectivity index (χ1v) is 6.58. The van der Waals surface area contributed by atoms with Crippen molar-refractivity contribution >= 4 is 0 Å². The highest BCUT2D eigenvalue weighted by atomic mass is 15.1. The maximum absolute atomic E-state index is 4.42. The first kappa shape index (κ1) is 14.2. The van der Waals surface area contributed by atoms with Crippen LogP contribution in [0.4, 0.5) is 0 Å². The summed E-state index contributed by atoms with van der Waals surface area (Å²) < 4.78 is 2.19. The minimum Gasteiger partial charge on any atom is -0.337 e. The van der Waals surface area contributed by atoms with Crippen LogP contribution in [-0.2, 0) is 13.0 Å². The van der Waals surface area contributed by atoms with Gasteiger partial charge in [0.05, 0.1) is 12.0 Å². The van der Waals surface area contributed by atoms with Gasteiger partial charge in [-0.15, -0.1) is 0 Å². The van der Waals surface area contributed by atoms with E-state index < -0.39 is 0 Å². The van der Waals surface area contributed by atoms with Crippen molar-refractivity contribution in [2.24, 2.45) is 0 Å². The fraction of sp³-hybridized carbons (Fsp3) is 0.769. The van der Waals surface area contributed by atoms with Crippen molar-refractivity contribution in [1.82, 2.24) is 19.8 Å². The standard InChI is InChI=1S/C13H26N4/c1-4-7-14-8-6-13-11-17(12-15-13)10-5-9-16(2)3/h11-12,14H,4-10H2,1-3H3. The molecular formula is C13H26N4. The Bertz CT molecular complexity index is 293. The Labute approximate surface area is 105 Å². The molecule has 0 bridgehead atoms. The quantitative estimate of drug-likeness (QED) is 0.660. The third-order valence-corrected chi connectivity index (χ3v) is 2.69. The van der Waals surface area contributed by atoms with Gasteiger partial charge < -0.3 is 14.8 Å². The summed E-state index contributed by atoms with van der Waals surface area (Å²) in [6.07, 6.45) is 7.52. The number of imidazole rings is 1. The van der Waals surface area contributed by atoms with Gasteiger partial charge in [-0.25, -0.2) is 4.98 Å². The molecule has 0 aliphatic carbocycles. The molecule has 0 fully saturated rings. The topological polar surface area (TPSA) is 33.1 Å². The predicted molar refractivity (Wildman–Crippen MR) is 72.3 cm³/mol. The molecule has 0 radical (unpaired) electrons. The van der Waals surface area contributed by atoms with E-state index in [1.54, 1.807) is 0 Å². The van der Waals surface area contributed by atoms with Gasteiger partial charge in [0, 0.05) is 25.7 Å². The van der Waals surface area contributed by atoms with Crippen LogP contribution in [0.25, 0.3) is 0 Å². The molecule has 1 aromatic rings. The summed E-state index contributed by atoms with van der Waals surface area (Å²) in [6, 6.07) is 0. The smallest absolute Gasteiger partial charge is 0.0949 e. The van der Waals surface area contributed by atoms with E-state index in [1.807, 2.05) is 6.33 Å². The highest BCUT2D eigenvalue weighted by molar-refractivity contribution is 4.97. The molecule has 0 aliphatic heterocycles. The highest BCUT2D eigenvalue weighted by Gasteiger charge is 1.99. The normalized spacial score (nSPS) is 11.3. The van der Waals surface area contributed by atoms with Crippen molar-refractivity contribution < 1.29 is 0 Å². The monoisotopic (exact) mass is 238 g/mol. The van der Waals surface area contributed by atoms with Gasteiger partial charge in [-0.05, 0) is 40.0 Å². The number of aryl methyl sites for hydroxylation is 1. The van der Waals surface area contributed by atoms with Gasteiger partial charge in [0.25, 0.3) is 0 Å². The maximum atomic E-state index is 4.42. The molecule has 1 heterocycles. The predicted octanol–water partition coefficient (Wildman–Crippen LogP) is 1.38. The van der Waals surface area contributed by atoms with Crippen molar-refractivity contribution in [2.45, 2.75) is 32.7 Å². The number of aromatic nitrogens is 2. The number of nitrogens with one attached hydrogen (secondary N) is 1. The summed E-state index contributed by atoms with van der Waals surface area (Å²) >= 11 is 0. The summed E-state index contributed by atoms with van der Waals surface area (Å²) in [7, 11) is 4.22. The van der Waals surface area contributed by atoms with E-state index in [-0.39, 0.29) is 0 Å². The third kappa shape index (κ3) is 6.44. The van der Waals surface area contributed by atoms with Gasteiger partial charge in [0.15, 0.2) is 0 Å². The van der Waals surface area contributed by atoms with Crippen molar-refractivity contribution in [3.8, 4) is 0 Å². The van der Waals surface area contributed by atoms with Crippen LogP contribution in [0.3, 0.4) is 0 Å². The zero-order valence-corrected chi connectivity index (χ0v) is 11.4. The molecule has 98 valence electrons. The molecule has 1 rings (SSSR count). The van der Waals surface area contributed by atoms with Gasteiger partial charge in [-0.1, -0.05) is 6.92 Å². The number of nitrogens with zero attached hydrogens (tertiary/aromatic N) is 3. The molecule has 0 amide bonds. The van der Waals surface area contributed by atoms with E-state index in [1.165, 1.54) is 18.5 Å². The molecule has 0 saturated carbocycles. The van der Waals surface area contributed by atoms with Gasteiger partial charge >= 0.3 is 0 Å². The van der Waals surface area contributed by atoms with Crippen LogP contribution in [0.1, 0.15) is 25.5 Å². The second-order valence-electron chi connectivity index (χ2n) is 4.76. The summed E-state index contributed by atoms with van der Waals surface area (Å²) in [4.78, 5) is 6.64. The lowest BCUT2D eigenvalue weighted by Gasteiger charge is -2.08. The fourth-order valence-corrected chi connectivity index (χ4v) is 1.75. The Kier molecular flexibility index (Phi) is 6.89. The van der Waals surface area contributed by atoms with Crippen LogP contribution in [0.15, 0.2) is 12.5 Å². The van der Waals surface area contributed by atoms with Crippen molar-refractivity contribution in [3.63, 3.8) is 0 Å². The van der Waals surface area contributed by atoms with Crippen LogP contribution in [0.5, 0.6) is 0 Å². The molecule has 0 aromatic carbocycles. The molecule has 0 unspecified atom stereocenters. The van der Waals surface area contributed by atoms with Gasteiger partial charge in [0.1, 0.15) is 0 Å². The lowest BCUT2D eigenvalue weighted by Crippen LogP contribution is -2.17. The number of hydrogen-bond acceptors (Lipinski definition) is 3. The minimum absolute atomic E-state index is 1.03. The zero-order valence-electron chi connectivity index (χ0n) is 11.4. The second kappa shape index (κ2) is 8.25. The van der Waals surface area contributed by atoms with E-state index in [2.05, 4.69) is 47.0 Å². The van der Waals surface area contributed by atoms with Gasteiger partial charge in [0.2, 0.25) is 0 Å². The maximum Gasteiger partial charge on any atom is 0.0949 e. The average Bonchev–Trinajstić information content (AvgIpc) is 2.72. The lowest BCUT2D eigenvalue weighted by molar-refractivity contribution is 0.386. The van der Waals surface area contributed by atoms with Crippen LogP contribution in [-0.4, -0.2) is 48.2 Å². The molecule has 0 aliphatic rings. The molecule has 0 spiro atoms. The first-order chi connectivity index (χ1) is 8.22. The van der Waals surface area contributed by atoms with Crippen LogP contribution < -0.4 is 5.32 Å². The largest absolute Gasteiger partial charge is 0.337 e. The Balaban J connectivity index is 2.18. The second-order valence-corrected chi connectivity index (χ2v) is 4.76. The zero-order chi connectivity index (χ0) is 12.5. The molecule has 0 atom stereocenters. The van der Waals surface area contributed by atoms with Crippen LogP contribution >= 0.6 is 0 Å². The number of rotatable bonds is 9. The van der Waals surface area contributed by atoms with E-state index >= 15 is 0 Å². The van der Waals surface area contributed by atoms with Crippen LogP contribution in [0, 0.1) is 0 Å². The third-order valence-electron chi connectivity index (χ3n) is 2.69. The Hall–Kier alpha value is -0.870. The average molecular weight is 238 g/mol. The highest BCUT2D eigenvalue weighted by Crippen LogP contribution is 1.99. The fourth-order valence-electron chi connectivity index (χ4n) is 1.75. The molecule has 0 saturated heterocycles. The molecule has 17 heavy (non-hydrogen) atoms. The van der Waals surface area contributed by atoms with Crippen LogP contribution in [0.2, 0.25) is 0 Å². The summed E-state index contributed by atoms with van der Waals surface area (Å²) in [5, 5.41) is 3.39. The van der Waals surface area contributed by atoms with Crippen molar-refractivity contribution in [2.75, 3.05) is 33.7 Å². The SMILES string of the molecule is CCCNCCc1cn(CCCN(C)C)cn1. The lowest BCUT2D eigenvalue weighted by atomic mass is 10.3. The molecule has 4 heteroatoms. The van der Waals surface area contributed by atoms with Crippen molar-refractivity contribution in [3.05, 3.63) is 18.2 Å². The van der Waals surface area contributed by atoms with E-state index in [9.17, 15) is 0 Å². The summed E-state index contributed by atoms with van der Waals surface area (Å²) in [5.74, 6) is 0. The Morgan fingerprint density at radius 3 is 2.88 bits per heavy atom. The molecule has 1 aromatic heterocycles. The van der Waals surface area contributed by atoms with E-state index in [0.29, 0.717) is 0 Å². The Morgan fingerprint density at radius 1 is 1.35 bits per heavy atom. The van der Waals surface area contributed by atoms with E-state index in [4.69, 9.17) is 0 Å². The van der Waals surface area contributed by atoms with Gasteiger partial charge in [-0.3, -0.25) is 0 Å². The van der Waals surface area contributed by atoms with Gasteiger partial charge in [-0.2, -0.15) is 0 Å².